The summed E-state index contributed by atoms with van der Waals surface area (Å²) in [6, 6.07) is 27.8. The van der Waals surface area contributed by atoms with Gasteiger partial charge >= 0.3 is 0 Å². The fourth-order valence-corrected chi connectivity index (χ4v) is 2.42. The maximum Gasteiger partial charge on any atom is 0.101 e. The Balaban J connectivity index is 2.07. The molecule has 3 rings (SSSR count). The Bertz CT molecular complexity index is 897. The van der Waals surface area contributed by atoms with Crippen molar-refractivity contribution >= 4 is 0 Å². The third kappa shape index (κ3) is 2.59. The van der Waals surface area contributed by atoms with E-state index in [1.807, 2.05) is 42.5 Å². The van der Waals surface area contributed by atoms with Gasteiger partial charge in [0.25, 0.3) is 0 Å². The van der Waals surface area contributed by atoms with Gasteiger partial charge in [0.1, 0.15) is 12.1 Å². The van der Waals surface area contributed by atoms with Crippen LogP contribution in [0.3, 0.4) is 0 Å². The Labute approximate surface area is 129 Å². The molecule has 0 aromatic heterocycles. The van der Waals surface area contributed by atoms with Crippen LogP contribution in [0.5, 0.6) is 0 Å². The highest BCUT2D eigenvalue weighted by molar-refractivity contribution is 5.74. The van der Waals surface area contributed by atoms with Crippen molar-refractivity contribution in [1.29, 1.82) is 10.5 Å². The maximum atomic E-state index is 9.15. The van der Waals surface area contributed by atoms with E-state index in [4.69, 9.17) is 10.5 Å². The molecule has 102 valence electrons. The SMILES string of the molecule is N#Cc1ccc(-c2cccc(-c3ccccc3)c2)cc1C#N. The van der Waals surface area contributed by atoms with Gasteiger partial charge in [-0.25, -0.2) is 0 Å². The second-order valence-corrected chi connectivity index (χ2v) is 4.93. The lowest BCUT2D eigenvalue weighted by Crippen LogP contribution is -1.86. The van der Waals surface area contributed by atoms with Crippen LogP contribution in [0.1, 0.15) is 11.1 Å². The van der Waals surface area contributed by atoms with Crippen molar-refractivity contribution in [3.63, 3.8) is 0 Å². The lowest BCUT2D eigenvalue weighted by Gasteiger charge is -2.07. The number of hydrogen-bond donors (Lipinski definition) is 0. The van der Waals surface area contributed by atoms with E-state index in [1.165, 1.54) is 0 Å². The zero-order valence-corrected chi connectivity index (χ0v) is 11.8. The van der Waals surface area contributed by atoms with Gasteiger partial charge in [-0.05, 0) is 40.5 Å². The molecule has 2 heteroatoms. The lowest BCUT2D eigenvalue weighted by molar-refractivity contribution is 1.43. The maximum absolute atomic E-state index is 9.15. The van der Waals surface area contributed by atoms with Crippen LogP contribution in [0.4, 0.5) is 0 Å². The van der Waals surface area contributed by atoms with E-state index in [9.17, 15) is 0 Å². The molecule has 0 unspecified atom stereocenters. The number of hydrogen-bond acceptors (Lipinski definition) is 2. The van der Waals surface area contributed by atoms with Crippen molar-refractivity contribution in [2.24, 2.45) is 0 Å². The summed E-state index contributed by atoms with van der Waals surface area (Å²) in [5.74, 6) is 0. The molecule has 2 nitrogen and oxygen atoms in total. The smallest absolute Gasteiger partial charge is 0.101 e. The Morgan fingerprint density at radius 1 is 0.500 bits per heavy atom. The first-order valence-corrected chi connectivity index (χ1v) is 6.92. The quantitative estimate of drug-likeness (QED) is 0.679. The molecule has 0 atom stereocenters. The number of rotatable bonds is 2. The van der Waals surface area contributed by atoms with Gasteiger partial charge in [0.05, 0.1) is 11.1 Å². The predicted octanol–water partition coefficient (Wildman–Crippen LogP) is 4.76. The summed E-state index contributed by atoms with van der Waals surface area (Å²) in [6.45, 7) is 0. The second-order valence-electron chi connectivity index (χ2n) is 4.93. The van der Waals surface area contributed by atoms with Crippen LogP contribution in [0, 0.1) is 22.7 Å². The molecule has 0 saturated heterocycles. The van der Waals surface area contributed by atoms with Gasteiger partial charge in [-0.2, -0.15) is 10.5 Å². The highest BCUT2D eigenvalue weighted by Gasteiger charge is 2.06. The monoisotopic (exact) mass is 280 g/mol. The number of nitrogens with zero attached hydrogens (tertiary/aromatic N) is 2. The summed E-state index contributed by atoms with van der Waals surface area (Å²) < 4.78 is 0. The van der Waals surface area contributed by atoms with E-state index in [0.717, 1.165) is 22.3 Å². The van der Waals surface area contributed by atoms with Gasteiger partial charge in [0.2, 0.25) is 0 Å². The lowest BCUT2D eigenvalue weighted by atomic mass is 9.97. The fraction of sp³-hybridized carbons (Fsp3) is 0. The van der Waals surface area contributed by atoms with Crippen LogP contribution in [-0.2, 0) is 0 Å². The first-order chi connectivity index (χ1) is 10.8. The average molecular weight is 280 g/mol. The molecule has 0 aliphatic carbocycles. The first kappa shape index (κ1) is 13.6. The van der Waals surface area contributed by atoms with Crippen molar-refractivity contribution < 1.29 is 0 Å². The minimum absolute atomic E-state index is 0.408. The highest BCUT2D eigenvalue weighted by atomic mass is 14.3. The zero-order chi connectivity index (χ0) is 15.4. The molecule has 3 aromatic carbocycles. The molecule has 0 bridgehead atoms. The van der Waals surface area contributed by atoms with Crippen molar-refractivity contribution in [3.05, 3.63) is 83.9 Å². The molecular weight excluding hydrogens is 268 g/mol. The molecule has 22 heavy (non-hydrogen) atoms. The molecule has 0 radical (unpaired) electrons. The van der Waals surface area contributed by atoms with E-state index in [0.29, 0.717) is 11.1 Å². The Morgan fingerprint density at radius 2 is 1.09 bits per heavy atom. The van der Waals surface area contributed by atoms with Gasteiger partial charge in [0, 0.05) is 0 Å². The van der Waals surface area contributed by atoms with E-state index < -0.39 is 0 Å². The van der Waals surface area contributed by atoms with Crippen molar-refractivity contribution in [1.82, 2.24) is 0 Å². The molecule has 0 fully saturated rings. The molecule has 0 N–H and O–H groups in total. The molecule has 0 heterocycles. The van der Waals surface area contributed by atoms with Gasteiger partial charge in [-0.1, -0.05) is 54.6 Å². The summed E-state index contributed by atoms with van der Waals surface area (Å²) in [7, 11) is 0. The predicted molar refractivity (Wildman–Crippen MR) is 86.7 cm³/mol. The largest absolute Gasteiger partial charge is 0.192 e. The van der Waals surface area contributed by atoms with Crippen LogP contribution in [0.2, 0.25) is 0 Å². The van der Waals surface area contributed by atoms with Gasteiger partial charge in [-0.15, -0.1) is 0 Å². The standard InChI is InChI=1S/C20H12N2/c21-13-19-10-9-18(12-20(19)14-22)17-8-4-7-16(11-17)15-5-2-1-3-6-15/h1-12H. The molecule has 3 aromatic rings. The fourth-order valence-electron chi connectivity index (χ4n) is 2.42. The summed E-state index contributed by atoms with van der Waals surface area (Å²) in [5.41, 5.74) is 5.06. The molecular formula is C20H12N2. The molecule has 0 amide bonds. The van der Waals surface area contributed by atoms with Crippen LogP contribution < -0.4 is 0 Å². The number of nitriles is 2. The average Bonchev–Trinajstić information content (AvgIpc) is 2.62. The third-order valence-corrected chi connectivity index (χ3v) is 3.56. The number of benzene rings is 3. The zero-order valence-electron chi connectivity index (χ0n) is 11.8. The van der Waals surface area contributed by atoms with E-state index in [1.54, 1.807) is 12.1 Å². The molecule has 0 aliphatic rings. The molecule has 0 aliphatic heterocycles. The summed E-state index contributed by atoms with van der Waals surface area (Å²) >= 11 is 0. The molecule has 0 spiro atoms. The van der Waals surface area contributed by atoms with Crippen molar-refractivity contribution in [2.75, 3.05) is 0 Å². The minimum atomic E-state index is 0.408. The Hall–Kier alpha value is -3.36. The minimum Gasteiger partial charge on any atom is -0.192 e. The Morgan fingerprint density at radius 3 is 1.77 bits per heavy atom. The highest BCUT2D eigenvalue weighted by Crippen LogP contribution is 2.27. The second kappa shape index (κ2) is 5.95. The van der Waals surface area contributed by atoms with E-state index in [2.05, 4.69) is 30.3 Å². The van der Waals surface area contributed by atoms with Gasteiger partial charge in [-0.3, -0.25) is 0 Å². The topological polar surface area (TPSA) is 47.6 Å². The van der Waals surface area contributed by atoms with E-state index in [-0.39, 0.29) is 0 Å². The van der Waals surface area contributed by atoms with Crippen LogP contribution >= 0.6 is 0 Å². The van der Waals surface area contributed by atoms with Crippen LogP contribution in [0.25, 0.3) is 22.3 Å². The molecule has 0 saturated carbocycles. The Kier molecular flexibility index (Phi) is 3.69. The van der Waals surface area contributed by atoms with Crippen LogP contribution in [-0.4, -0.2) is 0 Å². The van der Waals surface area contributed by atoms with Gasteiger partial charge < -0.3 is 0 Å². The van der Waals surface area contributed by atoms with Crippen molar-refractivity contribution in [2.45, 2.75) is 0 Å². The summed E-state index contributed by atoms with van der Waals surface area (Å²) in [6.07, 6.45) is 0. The third-order valence-electron chi connectivity index (χ3n) is 3.56. The normalized spacial score (nSPS) is 9.73. The van der Waals surface area contributed by atoms with Crippen molar-refractivity contribution in [3.8, 4) is 34.4 Å². The summed E-state index contributed by atoms with van der Waals surface area (Å²) in [4.78, 5) is 0. The summed E-state index contributed by atoms with van der Waals surface area (Å²) in [5, 5.41) is 18.2. The van der Waals surface area contributed by atoms with Gasteiger partial charge in [0.15, 0.2) is 0 Å². The first-order valence-electron chi connectivity index (χ1n) is 6.92. The van der Waals surface area contributed by atoms with Crippen LogP contribution in [0.15, 0.2) is 72.8 Å². The van der Waals surface area contributed by atoms with E-state index >= 15 is 0 Å².